The monoisotopic (exact) mass is 302 g/mol. The summed E-state index contributed by atoms with van der Waals surface area (Å²) in [5, 5.41) is 9.31. The first-order chi connectivity index (χ1) is 8.45. The Labute approximate surface area is 140 Å². The molecule has 0 bridgehead atoms. The summed E-state index contributed by atoms with van der Waals surface area (Å²) in [4.78, 5) is 0. The minimum absolute atomic E-state index is 0. The first kappa shape index (κ1) is 22.2. The van der Waals surface area contributed by atoms with Crippen molar-refractivity contribution >= 4 is 10.1 Å². The Kier molecular flexibility index (Phi) is 16.1. The third-order valence-electron chi connectivity index (χ3n) is 3.04. The van der Waals surface area contributed by atoms with Crippen LogP contribution >= 0.6 is 0 Å². The first-order valence-electron chi connectivity index (χ1n) is 7.07. The maximum absolute atomic E-state index is 10.4. The van der Waals surface area contributed by atoms with Gasteiger partial charge in [0.2, 0.25) is 0 Å². The normalized spacial score (nSPS) is 13.0. The van der Waals surface area contributed by atoms with Gasteiger partial charge in [-0.2, -0.15) is 0 Å². The average Bonchev–Trinajstić information content (AvgIpc) is 2.24. The van der Waals surface area contributed by atoms with E-state index in [0.29, 0.717) is 6.42 Å². The van der Waals surface area contributed by atoms with Gasteiger partial charge < -0.3 is 9.66 Å². The quantitative estimate of drug-likeness (QED) is 0.308. The molecule has 4 nitrogen and oxygen atoms in total. The molecule has 0 heterocycles. The molecule has 0 amide bonds. The zero-order valence-corrected chi connectivity index (χ0v) is 15.3. The number of aliphatic hydroxyl groups excluding tert-OH is 1. The maximum atomic E-state index is 10.4. The summed E-state index contributed by atoms with van der Waals surface area (Å²) in [5.74, 6) is -0.649. The summed E-state index contributed by atoms with van der Waals surface area (Å²) in [6.07, 6.45) is 10.0. The molecule has 110 valence electrons. The molecule has 19 heavy (non-hydrogen) atoms. The molecule has 0 aromatic rings. The number of aliphatic hydroxyl groups is 1. The predicted octanol–water partition coefficient (Wildman–Crippen LogP) is -0.183. The van der Waals surface area contributed by atoms with E-state index in [9.17, 15) is 18.1 Å². The smallest absolute Gasteiger partial charge is 0.748 e. The van der Waals surface area contributed by atoms with Crippen LogP contribution in [-0.2, 0) is 10.1 Å². The van der Waals surface area contributed by atoms with E-state index in [1.54, 1.807) is 0 Å². The Morgan fingerprint density at radius 3 is 1.79 bits per heavy atom. The molecule has 1 N–H and O–H groups in total. The van der Waals surface area contributed by atoms with Crippen molar-refractivity contribution in [2.24, 2.45) is 0 Å². The fourth-order valence-electron chi connectivity index (χ4n) is 2.01. The van der Waals surface area contributed by atoms with Gasteiger partial charge in [-0.25, -0.2) is 8.42 Å². The summed E-state index contributed by atoms with van der Waals surface area (Å²) < 4.78 is 31.2. The summed E-state index contributed by atoms with van der Waals surface area (Å²) in [6.45, 7) is 2.20. The molecule has 0 rings (SSSR count). The zero-order chi connectivity index (χ0) is 13.9. The van der Waals surface area contributed by atoms with Gasteiger partial charge in [0.15, 0.2) is 0 Å². The van der Waals surface area contributed by atoms with Gasteiger partial charge in [0.25, 0.3) is 0 Å². The van der Waals surface area contributed by atoms with E-state index in [-0.39, 0.29) is 29.6 Å². The van der Waals surface area contributed by atoms with Crippen molar-refractivity contribution in [3.8, 4) is 0 Å². The van der Waals surface area contributed by atoms with Crippen molar-refractivity contribution < 1.29 is 47.6 Å². The number of hydrogen-bond donors (Lipinski definition) is 1. The molecule has 0 aromatic heterocycles. The molecule has 6 heteroatoms. The number of hydrogen-bond acceptors (Lipinski definition) is 4. The van der Waals surface area contributed by atoms with E-state index in [0.717, 1.165) is 19.3 Å². The van der Waals surface area contributed by atoms with Crippen LogP contribution in [0.15, 0.2) is 0 Å². The SMILES string of the molecule is CCCCCCCCCCCC(O)CS(=O)(=O)[O-].[Na+]. The fourth-order valence-corrected chi connectivity index (χ4v) is 2.65. The summed E-state index contributed by atoms with van der Waals surface area (Å²) in [6, 6.07) is 0. The Morgan fingerprint density at radius 2 is 1.37 bits per heavy atom. The second kappa shape index (κ2) is 13.8. The van der Waals surface area contributed by atoms with Crippen molar-refractivity contribution in [1.29, 1.82) is 0 Å². The average molecular weight is 302 g/mol. The molecule has 0 spiro atoms. The number of rotatable bonds is 12. The Hall–Kier alpha value is 0.870. The number of unbranched alkanes of at least 4 members (excludes halogenated alkanes) is 8. The topological polar surface area (TPSA) is 77.4 Å². The molecule has 1 unspecified atom stereocenters. The van der Waals surface area contributed by atoms with E-state index in [1.807, 2.05) is 0 Å². The first-order valence-corrected chi connectivity index (χ1v) is 8.65. The van der Waals surface area contributed by atoms with Crippen LogP contribution in [0.2, 0.25) is 0 Å². The van der Waals surface area contributed by atoms with Crippen LogP contribution in [0.25, 0.3) is 0 Å². The summed E-state index contributed by atoms with van der Waals surface area (Å²) in [5.41, 5.74) is 0. The van der Waals surface area contributed by atoms with Crippen LogP contribution in [-0.4, -0.2) is 29.9 Å². The maximum Gasteiger partial charge on any atom is 1.00 e. The molecule has 0 radical (unpaired) electrons. The third-order valence-corrected chi connectivity index (χ3v) is 3.83. The minimum atomic E-state index is -4.28. The third kappa shape index (κ3) is 18.9. The van der Waals surface area contributed by atoms with Crippen LogP contribution in [0.4, 0.5) is 0 Å². The molecule has 0 aromatic carbocycles. The van der Waals surface area contributed by atoms with E-state index in [4.69, 9.17) is 0 Å². The van der Waals surface area contributed by atoms with Gasteiger partial charge in [-0.05, 0) is 6.42 Å². The van der Waals surface area contributed by atoms with Crippen molar-refractivity contribution in [3.63, 3.8) is 0 Å². The van der Waals surface area contributed by atoms with Crippen LogP contribution < -0.4 is 29.6 Å². The second-order valence-electron chi connectivity index (χ2n) is 5.00. The van der Waals surface area contributed by atoms with Crippen LogP contribution in [0, 0.1) is 0 Å². The van der Waals surface area contributed by atoms with E-state index >= 15 is 0 Å². The molecule has 0 saturated heterocycles. The van der Waals surface area contributed by atoms with Crippen molar-refractivity contribution in [2.75, 3.05) is 5.75 Å². The second-order valence-corrected chi connectivity index (χ2v) is 6.44. The van der Waals surface area contributed by atoms with Gasteiger partial charge in [-0.3, -0.25) is 0 Å². The molecule has 0 aliphatic rings. The molecule has 0 fully saturated rings. The minimum Gasteiger partial charge on any atom is -0.748 e. The predicted molar refractivity (Wildman–Crippen MR) is 72.4 cm³/mol. The summed E-state index contributed by atoms with van der Waals surface area (Å²) in [7, 11) is -4.28. The Bertz CT molecular complexity index is 280. The molecule has 1 atom stereocenters. The van der Waals surface area contributed by atoms with Crippen LogP contribution in [0.1, 0.15) is 71.1 Å². The van der Waals surface area contributed by atoms with E-state index < -0.39 is 22.0 Å². The van der Waals surface area contributed by atoms with E-state index in [2.05, 4.69) is 6.92 Å². The standard InChI is InChI=1S/C13H28O4S.Na/c1-2-3-4-5-6-7-8-9-10-11-13(14)12-18(15,16)17;/h13-14H,2-12H2,1H3,(H,15,16,17);/q;+1/p-1. The Balaban J connectivity index is 0. The zero-order valence-electron chi connectivity index (χ0n) is 12.4. The van der Waals surface area contributed by atoms with Gasteiger partial charge in [-0.15, -0.1) is 0 Å². The fraction of sp³-hybridized carbons (Fsp3) is 1.00. The van der Waals surface area contributed by atoms with Crippen LogP contribution in [0.3, 0.4) is 0 Å². The molecule has 0 saturated carbocycles. The van der Waals surface area contributed by atoms with Crippen LogP contribution in [0.5, 0.6) is 0 Å². The largest absolute Gasteiger partial charge is 1.00 e. The van der Waals surface area contributed by atoms with Crippen molar-refractivity contribution in [1.82, 2.24) is 0 Å². The van der Waals surface area contributed by atoms with Crippen molar-refractivity contribution in [3.05, 3.63) is 0 Å². The van der Waals surface area contributed by atoms with Gasteiger partial charge in [0.05, 0.1) is 22.0 Å². The summed E-state index contributed by atoms with van der Waals surface area (Å²) >= 11 is 0. The molecule has 0 aliphatic heterocycles. The van der Waals surface area contributed by atoms with Gasteiger partial charge >= 0.3 is 29.6 Å². The molecule has 0 aliphatic carbocycles. The Morgan fingerprint density at radius 1 is 0.947 bits per heavy atom. The molecular weight excluding hydrogens is 275 g/mol. The van der Waals surface area contributed by atoms with Gasteiger partial charge in [0, 0.05) is 0 Å². The van der Waals surface area contributed by atoms with Crippen molar-refractivity contribution in [2.45, 2.75) is 77.2 Å². The molecular formula is C13H27NaO4S. The van der Waals surface area contributed by atoms with E-state index in [1.165, 1.54) is 38.5 Å². The van der Waals surface area contributed by atoms with Gasteiger partial charge in [-0.1, -0.05) is 64.7 Å². The van der Waals surface area contributed by atoms with Gasteiger partial charge in [0.1, 0.15) is 0 Å².